The van der Waals surface area contributed by atoms with Crippen molar-refractivity contribution >= 4 is 5.96 Å². The van der Waals surface area contributed by atoms with Crippen molar-refractivity contribution in [1.82, 2.24) is 10.2 Å². The predicted octanol–water partition coefficient (Wildman–Crippen LogP) is 2.63. The number of aliphatic imine (C=N–C) groups is 1. The molecule has 0 atom stereocenters. The first kappa shape index (κ1) is 12.7. The van der Waals surface area contributed by atoms with Crippen LogP contribution in [-0.2, 0) is 0 Å². The van der Waals surface area contributed by atoms with Gasteiger partial charge >= 0.3 is 0 Å². The van der Waals surface area contributed by atoms with Crippen molar-refractivity contribution in [1.29, 1.82) is 0 Å². The Labute approximate surface area is 106 Å². The summed E-state index contributed by atoms with van der Waals surface area (Å²) in [4.78, 5) is 6.92. The quantitative estimate of drug-likeness (QED) is 0.603. The molecule has 1 saturated carbocycles. The van der Waals surface area contributed by atoms with Gasteiger partial charge in [0, 0.05) is 26.2 Å². The molecule has 0 unspecified atom stereocenters. The summed E-state index contributed by atoms with van der Waals surface area (Å²) in [7, 11) is 1.92. The molecular weight excluding hydrogens is 210 g/mol. The molecule has 2 aliphatic rings. The molecule has 1 aliphatic carbocycles. The highest BCUT2D eigenvalue weighted by Crippen LogP contribution is 2.37. The largest absolute Gasteiger partial charge is 0.354 e. The van der Waals surface area contributed by atoms with Crippen molar-refractivity contribution in [3.63, 3.8) is 0 Å². The summed E-state index contributed by atoms with van der Waals surface area (Å²) in [5, 5.41) is 3.61. The Morgan fingerprint density at radius 2 is 2.06 bits per heavy atom. The Morgan fingerprint density at radius 3 is 2.47 bits per heavy atom. The van der Waals surface area contributed by atoms with Crippen LogP contribution in [0.1, 0.15) is 52.4 Å². The second-order valence-electron chi connectivity index (χ2n) is 5.70. The summed E-state index contributed by atoms with van der Waals surface area (Å²) in [5.74, 6) is 1.14. The number of rotatable bonds is 3. The maximum atomic E-state index is 4.46. The molecule has 0 aromatic rings. The van der Waals surface area contributed by atoms with Crippen LogP contribution in [0, 0.1) is 5.41 Å². The average molecular weight is 237 g/mol. The molecule has 0 radical (unpaired) electrons. The lowest BCUT2D eigenvalue weighted by Crippen LogP contribution is -2.48. The molecule has 17 heavy (non-hydrogen) atoms. The number of hydrogen-bond acceptors (Lipinski definition) is 1. The average Bonchev–Trinajstić information content (AvgIpc) is 2.73. The molecule has 1 heterocycles. The fourth-order valence-electron chi connectivity index (χ4n) is 2.98. The summed E-state index contributed by atoms with van der Waals surface area (Å²) in [6, 6.07) is 0.687. The number of hydrogen-bond donors (Lipinski definition) is 1. The third-order valence-corrected chi connectivity index (χ3v) is 4.89. The fourth-order valence-corrected chi connectivity index (χ4v) is 2.98. The predicted molar refractivity (Wildman–Crippen MR) is 73.3 cm³/mol. The fraction of sp³-hybridized carbons (Fsp3) is 0.929. The van der Waals surface area contributed by atoms with E-state index < -0.39 is 0 Å². The van der Waals surface area contributed by atoms with Gasteiger partial charge in [0.15, 0.2) is 5.96 Å². The third-order valence-electron chi connectivity index (χ3n) is 4.89. The van der Waals surface area contributed by atoms with Crippen LogP contribution in [0.5, 0.6) is 0 Å². The van der Waals surface area contributed by atoms with E-state index in [1.165, 1.54) is 51.6 Å². The van der Waals surface area contributed by atoms with E-state index in [-0.39, 0.29) is 0 Å². The van der Waals surface area contributed by atoms with Crippen molar-refractivity contribution in [2.24, 2.45) is 10.4 Å². The molecule has 1 saturated heterocycles. The molecule has 0 spiro atoms. The first-order chi connectivity index (χ1) is 8.23. The topological polar surface area (TPSA) is 27.6 Å². The summed E-state index contributed by atoms with van der Waals surface area (Å²) in [6.45, 7) is 7.02. The Morgan fingerprint density at radius 1 is 1.35 bits per heavy atom. The third kappa shape index (κ3) is 2.58. The van der Waals surface area contributed by atoms with E-state index in [9.17, 15) is 0 Å². The van der Waals surface area contributed by atoms with Gasteiger partial charge in [0.05, 0.1) is 0 Å². The molecule has 2 fully saturated rings. The zero-order chi connectivity index (χ0) is 12.3. The number of nitrogens with zero attached hydrogens (tertiary/aromatic N) is 2. The summed E-state index contributed by atoms with van der Waals surface area (Å²) >= 11 is 0. The van der Waals surface area contributed by atoms with Crippen LogP contribution in [-0.4, -0.2) is 37.0 Å². The van der Waals surface area contributed by atoms with E-state index in [0.29, 0.717) is 11.5 Å². The normalized spacial score (nSPS) is 24.9. The zero-order valence-electron chi connectivity index (χ0n) is 11.6. The van der Waals surface area contributed by atoms with Gasteiger partial charge in [0.25, 0.3) is 0 Å². The molecule has 0 bridgehead atoms. The van der Waals surface area contributed by atoms with Gasteiger partial charge in [0.2, 0.25) is 0 Å². The van der Waals surface area contributed by atoms with Gasteiger partial charge in [-0.3, -0.25) is 4.99 Å². The Hall–Kier alpha value is -0.730. The van der Waals surface area contributed by atoms with Crippen LogP contribution >= 0.6 is 0 Å². The number of likely N-dealkylation sites (tertiary alicyclic amines) is 1. The van der Waals surface area contributed by atoms with Crippen LogP contribution in [0.15, 0.2) is 4.99 Å². The maximum absolute atomic E-state index is 4.46. The van der Waals surface area contributed by atoms with Crippen LogP contribution in [0.4, 0.5) is 0 Å². The van der Waals surface area contributed by atoms with E-state index in [0.717, 1.165) is 5.96 Å². The van der Waals surface area contributed by atoms with Gasteiger partial charge in [-0.25, -0.2) is 0 Å². The Kier molecular flexibility index (Phi) is 3.95. The number of nitrogens with one attached hydrogen (secondary N) is 1. The lowest BCUT2D eigenvalue weighted by molar-refractivity contribution is 0.273. The van der Waals surface area contributed by atoms with Crippen molar-refractivity contribution in [3.8, 4) is 0 Å². The van der Waals surface area contributed by atoms with Gasteiger partial charge in [-0.05, 0) is 43.9 Å². The van der Waals surface area contributed by atoms with Crippen molar-refractivity contribution < 1.29 is 0 Å². The van der Waals surface area contributed by atoms with Crippen molar-refractivity contribution in [2.45, 2.75) is 58.4 Å². The van der Waals surface area contributed by atoms with Crippen molar-refractivity contribution in [2.75, 3.05) is 20.1 Å². The molecule has 1 N–H and O–H groups in total. The van der Waals surface area contributed by atoms with Crippen molar-refractivity contribution in [3.05, 3.63) is 0 Å². The molecule has 1 aliphatic heterocycles. The summed E-state index contributed by atoms with van der Waals surface area (Å²) < 4.78 is 0. The maximum Gasteiger partial charge on any atom is 0.193 e. The molecule has 98 valence electrons. The second-order valence-corrected chi connectivity index (χ2v) is 5.70. The molecule has 0 aromatic carbocycles. The van der Waals surface area contributed by atoms with Crippen LogP contribution in [0.25, 0.3) is 0 Å². The van der Waals surface area contributed by atoms with Crippen LogP contribution < -0.4 is 5.32 Å². The lowest BCUT2D eigenvalue weighted by atomic mass is 9.82. The van der Waals surface area contributed by atoms with Gasteiger partial charge < -0.3 is 10.2 Å². The highest BCUT2D eigenvalue weighted by atomic mass is 15.3. The molecule has 3 nitrogen and oxygen atoms in total. The molecular formula is C14H27N3. The molecule has 0 aromatic heterocycles. The number of guanidine groups is 1. The minimum absolute atomic E-state index is 0.539. The first-order valence-corrected chi connectivity index (χ1v) is 7.21. The molecule has 3 heteroatoms. The van der Waals surface area contributed by atoms with E-state index in [1.54, 1.807) is 0 Å². The van der Waals surface area contributed by atoms with Gasteiger partial charge in [-0.15, -0.1) is 0 Å². The van der Waals surface area contributed by atoms with Crippen LogP contribution in [0.3, 0.4) is 0 Å². The summed E-state index contributed by atoms with van der Waals surface area (Å²) in [6.07, 6.45) is 7.92. The van der Waals surface area contributed by atoms with E-state index >= 15 is 0 Å². The highest BCUT2D eigenvalue weighted by Gasteiger charge is 2.36. The molecule has 2 rings (SSSR count). The Bertz CT molecular complexity index is 277. The van der Waals surface area contributed by atoms with Crippen LogP contribution in [0.2, 0.25) is 0 Å². The second kappa shape index (κ2) is 5.28. The smallest absolute Gasteiger partial charge is 0.193 e. The highest BCUT2D eigenvalue weighted by molar-refractivity contribution is 5.80. The SMILES string of the molecule is CCC1(CC)CCN(C(=NC)NC2CCC2)C1. The Balaban J connectivity index is 1.93. The van der Waals surface area contributed by atoms with Gasteiger partial charge in [-0.2, -0.15) is 0 Å². The van der Waals surface area contributed by atoms with E-state index in [4.69, 9.17) is 0 Å². The monoisotopic (exact) mass is 237 g/mol. The van der Waals surface area contributed by atoms with Gasteiger partial charge in [-0.1, -0.05) is 13.8 Å². The minimum Gasteiger partial charge on any atom is -0.354 e. The van der Waals surface area contributed by atoms with Gasteiger partial charge in [0.1, 0.15) is 0 Å². The lowest BCUT2D eigenvalue weighted by Gasteiger charge is -2.33. The standard InChI is InChI=1S/C14H27N3/c1-4-14(5-2)9-10-17(11-14)13(15-3)16-12-7-6-8-12/h12H,4-11H2,1-3H3,(H,15,16). The molecule has 0 amide bonds. The summed E-state index contributed by atoms with van der Waals surface area (Å²) in [5.41, 5.74) is 0.539. The van der Waals surface area contributed by atoms with E-state index in [1.807, 2.05) is 7.05 Å². The zero-order valence-corrected chi connectivity index (χ0v) is 11.6. The minimum atomic E-state index is 0.539. The van der Waals surface area contributed by atoms with E-state index in [2.05, 4.69) is 29.1 Å². The first-order valence-electron chi connectivity index (χ1n) is 7.21.